The summed E-state index contributed by atoms with van der Waals surface area (Å²) >= 11 is 0. The smallest absolute Gasteiger partial charge is 0.325 e. The van der Waals surface area contributed by atoms with Gasteiger partial charge in [0, 0.05) is 26.2 Å². The highest BCUT2D eigenvalue weighted by Gasteiger charge is 2.28. The van der Waals surface area contributed by atoms with Crippen LogP contribution >= 0.6 is 0 Å². The second-order valence-corrected chi connectivity index (χ2v) is 4.54. The number of piperazine rings is 1. The standard InChI is InChI=1S/C13H17FN2O2/c1-9-8-10(2-3-11(9)14)12(13(17)18)16-6-4-15-5-7-16/h2-3,8,12,15H,4-7H2,1H3,(H,17,18). The predicted octanol–water partition coefficient (Wildman–Crippen LogP) is 1.17. The van der Waals surface area contributed by atoms with Crippen LogP contribution in [-0.2, 0) is 4.79 Å². The summed E-state index contributed by atoms with van der Waals surface area (Å²) in [6.45, 7) is 4.59. The zero-order valence-electron chi connectivity index (χ0n) is 10.3. The van der Waals surface area contributed by atoms with Gasteiger partial charge in [-0.1, -0.05) is 12.1 Å². The lowest BCUT2D eigenvalue weighted by molar-refractivity contribution is -0.143. The number of carbonyl (C=O) groups is 1. The van der Waals surface area contributed by atoms with E-state index in [1.165, 1.54) is 6.07 Å². The molecule has 4 nitrogen and oxygen atoms in total. The van der Waals surface area contributed by atoms with Crippen LogP contribution in [0, 0.1) is 12.7 Å². The van der Waals surface area contributed by atoms with Crippen molar-refractivity contribution in [3.8, 4) is 0 Å². The minimum atomic E-state index is -0.886. The summed E-state index contributed by atoms with van der Waals surface area (Å²) in [4.78, 5) is 13.3. The summed E-state index contributed by atoms with van der Waals surface area (Å²) < 4.78 is 13.2. The van der Waals surface area contributed by atoms with Crippen LogP contribution in [0.5, 0.6) is 0 Å². The van der Waals surface area contributed by atoms with Crippen LogP contribution < -0.4 is 5.32 Å². The van der Waals surface area contributed by atoms with Gasteiger partial charge < -0.3 is 10.4 Å². The molecule has 0 radical (unpaired) electrons. The minimum absolute atomic E-state index is 0.303. The Kier molecular flexibility index (Phi) is 3.93. The Morgan fingerprint density at radius 3 is 2.67 bits per heavy atom. The van der Waals surface area contributed by atoms with Crippen molar-refractivity contribution >= 4 is 5.97 Å². The number of nitrogens with one attached hydrogen (secondary N) is 1. The molecule has 1 aromatic carbocycles. The van der Waals surface area contributed by atoms with E-state index in [9.17, 15) is 14.3 Å². The maximum Gasteiger partial charge on any atom is 0.325 e. The molecule has 0 saturated carbocycles. The number of aryl methyl sites for hydroxylation is 1. The van der Waals surface area contributed by atoms with Gasteiger partial charge in [0.2, 0.25) is 0 Å². The lowest BCUT2D eigenvalue weighted by atomic mass is 10.0. The van der Waals surface area contributed by atoms with E-state index in [2.05, 4.69) is 5.32 Å². The van der Waals surface area contributed by atoms with Gasteiger partial charge in [-0.25, -0.2) is 4.39 Å². The molecule has 0 spiro atoms. The molecule has 1 saturated heterocycles. The van der Waals surface area contributed by atoms with Crippen LogP contribution in [-0.4, -0.2) is 42.2 Å². The Labute approximate surface area is 105 Å². The highest BCUT2D eigenvalue weighted by Crippen LogP contribution is 2.23. The zero-order valence-corrected chi connectivity index (χ0v) is 10.3. The maximum absolute atomic E-state index is 13.2. The Morgan fingerprint density at radius 2 is 2.11 bits per heavy atom. The first-order valence-corrected chi connectivity index (χ1v) is 6.03. The molecule has 5 heteroatoms. The molecule has 1 fully saturated rings. The third-order valence-corrected chi connectivity index (χ3v) is 3.25. The number of nitrogens with zero attached hydrogens (tertiary/aromatic N) is 1. The van der Waals surface area contributed by atoms with Gasteiger partial charge in [-0.2, -0.15) is 0 Å². The third kappa shape index (κ3) is 2.68. The number of halogens is 1. The summed E-state index contributed by atoms with van der Waals surface area (Å²) in [5.41, 5.74) is 1.12. The highest BCUT2D eigenvalue weighted by molar-refractivity contribution is 5.75. The second-order valence-electron chi connectivity index (χ2n) is 4.54. The molecular weight excluding hydrogens is 235 g/mol. The number of rotatable bonds is 3. The normalized spacial score (nSPS) is 18.6. The average molecular weight is 252 g/mol. The summed E-state index contributed by atoms with van der Waals surface area (Å²) in [5, 5.41) is 12.6. The fourth-order valence-electron chi connectivity index (χ4n) is 2.29. The highest BCUT2D eigenvalue weighted by atomic mass is 19.1. The van der Waals surface area contributed by atoms with Gasteiger partial charge in [-0.15, -0.1) is 0 Å². The fraction of sp³-hybridized carbons (Fsp3) is 0.462. The van der Waals surface area contributed by atoms with Crippen molar-refractivity contribution in [3.05, 3.63) is 35.1 Å². The van der Waals surface area contributed by atoms with E-state index in [1.807, 2.05) is 4.90 Å². The van der Waals surface area contributed by atoms with Crippen molar-refractivity contribution in [2.45, 2.75) is 13.0 Å². The number of carboxylic acids is 1. The van der Waals surface area contributed by atoms with E-state index in [1.54, 1.807) is 19.1 Å². The third-order valence-electron chi connectivity index (χ3n) is 3.25. The molecular formula is C13H17FN2O2. The van der Waals surface area contributed by atoms with Gasteiger partial charge >= 0.3 is 5.97 Å². The number of aliphatic carboxylic acids is 1. The quantitative estimate of drug-likeness (QED) is 0.847. The maximum atomic E-state index is 13.2. The van der Waals surface area contributed by atoms with Crippen LogP contribution in [0.3, 0.4) is 0 Å². The molecule has 0 amide bonds. The average Bonchev–Trinajstić information content (AvgIpc) is 2.35. The zero-order chi connectivity index (χ0) is 13.1. The van der Waals surface area contributed by atoms with E-state index in [0.29, 0.717) is 24.2 Å². The number of carboxylic acid groups (broad SMARTS) is 1. The molecule has 1 unspecified atom stereocenters. The van der Waals surface area contributed by atoms with Crippen molar-refractivity contribution < 1.29 is 14.3 Å². The van der Waals surface area contributed by atoms with Gasteiger partial charge in [-0.3, -0.25) is 9.69 Å². The van der Waals surface area contributed by atoms with E-state index >= 15 is 0 Å². The molecule has 1 aliphatic rings. The molecule has 2 N–H and O–H groups in total. The topological polar surface area (TPSA) is 52.6 Å². The molecule has 1 atom stereocenters. The first-order chi connectivity index (χ1) is 8.59. The van der Waals surface area contributed by atoms with E-state index in [4.69, 9.17) is 0 Å². The van der Waals surface area contributed by atoms with Gasteiger partial charge in [0.15, 0.2) is 0 Å². The Balaban J connectivity index is 2.28. The SMILES string of the molecule is Cc1cc(C(C(=O)O)N2CCNCC2)ccc1F. The fourth-order valence-corrected chi connectivity index (χ4v) is 2.29. The molecule has 18 heavy (non-hydrogen) atoms. The summed E-state index contributed by atoms with van der Waals surface area (Å²) in [5.74, 6) is -1.19. The van der Waals surface area contributed by atoms with E-state index in [-0.39, 0.29) is 5.82 Å². The molecule has 2 rings (SSSR count). The van der Waals surface area contributed by atoms with Crippen molar-refractivity contribution in [2.75, 3.05) is 26.2 Å². The molecule has 1 aromatic rings. The van der Waals surface area contributed by atoms with Gasteiger partial charge in [0.1, 0.15) is 11.9 Å². The summed E-state index contributed by atoms with van der Waals surface area (Å²) in [7, 11) is 0. The number of hydrogen-bond acceptors (Lipinski definition) is 3. The summed E-state index contributed by atoms with van der Waals surface area (Å²) in [6.07, 6.45) is 0. The van der Waals surface area contributed by atoms with Crippen LogP contribution in [0.2, 0.25) is 0 Å². The molecule has 1 aliphatic heterocycles. The van der Waals surface area contributed by atoms with Crippen molar-refractivity contribution in [1.82, 2.24) is 10.2 Å². The van der Waals surface area contributed by atoms with Crippen LogP contribution in [0.1, 0.15) is 17.2 Å². The Hall–Kier alpha value is -1.46. The van der Waals surface area contributed by atoms with Crippen molar-refractivity contribution in [1.29, 1.82) is 0 Å². The number of benzene rings is 1. The molecule has 98 valence electrons. The predicted molar refractivity (Wildman–Crippen MR) is 66.0 cm³/mol. The van der Waals surface area contributed by atoms with Gasteiger partial charge in [0.25, 0.3) is 0 Å². The lowest BCUT2D eigenvalue weighted by Crippen LogP contribution is -2.47. The largest absolute Gasteiger partial charge is 0.480 e. The molecule has 0 aromatic heterocycles. The minimum Gasteiger partial charge on any atom is -0.480 e. The Bertz CT molecular complexity index is 445. The molecule has 0 aliphatic carbocycles. The first kappa shape index (κ1) is 13.0. The molecule has 1 heterocycles. The van der Waals surface area contributed by atoms with Crippen molar-refractivity contribution in [3.63, 3.8) is 0 Å². The van der Waals surface area contributed by atoms with Crippen LogP contribution in [0.15, 0.2) is 18.2 Å². The number of hydrogen-bond donors (Lipinski definition) is 2. The second kappa shape index (κ2) is 5.46. The van der Waals surface area contributed by atoms with Gasteiger partial charge in [-0.05, 0) is 24.1 Å². The lowest BCUT2D eigenvalue weighted by Gasteiger charge is -2.32. The van der Waals surface area contributed by atoms with Crippen LogP contribution in [0.25, 0.3) is 0 Å². The van der Waals surface area contributed by atoms with E-state index < -0.39 is 12.0 Å². The first-order valence-electron chi connectivity index (χ1n) is 6.03. The summed E-state index contributed by atoms with van der Waals surface area (Å²) in [6, 6.07) is 3.83. The Morgan fingerprint density at radius 1 is 1.44 bits per heavy atom. The van der Waals surface area contributed by atoms with Crippen molar-refractivity contribution in [2.24, 2.45) is 0 Å². The monoisotopic (exact) mass is 252 g/mol. The molecule has 0 bridgehead atoms. The van der Waals surface area contributed by atoms with Crippen LogP contribution in [0.4, 0.5) is 4.39 Å². The van der Waals surface area contributed by atoms with Gasteiger partial charge in [0.05, 0.1) is 0 Å². The van der Waals surface area contributed by atoms with E-state index in [0.717, 1.165) is 13.1 Å².